The molecule has 7 heteroatoms. The van der Waals surface area contributed by atoms with Crippen LogP contribution in [0, 0.1) is 5.82 Å². The molecule has 144 valence electrons. The number of amides is 1. The van der Waals surface area contributed by atoms with Crippen LogP contribution >= 0.6 is 11.6 Å². The van der Waals surface area contributed by atoms with Crippen molar-refractivity contribution in [2.45, 2.75) is 6.04 Å². The molecule has 1 aliphatic rings. The Kier molecular flexibility index (Phi) is 4.86. The normalized spacial score (nSPS) is 18.3. The molecular weight excluding hydrogens is 395 g/mol. The predicted molar refractivity (Wildman–Crippen MR) is 107 cm³/mol. The fourth-order valence-corrected chi connectivity index (χ4v) is 3.52. The highest BCUT2D eigenvalue weighted by Gasteiger charge is 2.47. The fourth-order valence-electron chi connectivity index (χ4n) is 3.35. The van der Waals surface area contributed by atoms with E-state index in [2.05, 4.69) is 4.98 Å². The lowest BCUT2D eigenvalue weighted by molar-refractivity contribution is -0.132. The van der Waals surface area contributed by atoms with E-state index in [0.717, 1.165) is 6.07 Å². The summed E-state index contributed by atoms with van der Waals surface area (Å²) in [7, 11) is 0. The van der Waals surface area contributed by atoms with Gasteiger partial charge in [-0.3, -0.25) is 19.5 Å². The second-order valence-corrected chi connectivity index (χ2v) is 6.82. The summed E-state index contributed by atoms with van der Waals surface area (Å²) in [6.45, 7) is 0. The van der Waals surface area contributed by atoms with Crippen LogP contribution in [-0.4, -0.2) is 21.8 Å². The van der Waals surface area contributed by atoms with Crippen LogP contribution in [0.5, 0.6) is 0 Å². The number of aliphatic hydroxyl groups is 1. The quantitative estimate of drug-likeness (QED) is 0.393. The topological polar surface area (TPSA) is 70.5 Å². The van der Waals surface area contributed by atoms with Gasteiger partial charge in [-0.15, -0.1) is 0 Å². The number of aliphatic hydroxyl groups excluding tert-OH is 1. The van der Waals surface area contributed by atoms with Crippen molar-refractivity contribution in [1.82, 2.24) is 4.98 Å². The third-order valence-corrected chi connectivity index (χ3v) is 4.98. The average molecular weight is 409 g/mol. The number of hydrogen-bond acceptors (Lipinski definition) is 4. The first-order valence-electron chi connectivity index (χ1n) is 8.70. The summed E-state index contributed by atoms with van der Waals surface area (Å²) in [5, 5.41) is 10.7. The third kappa shape index (κ3) is 3.28. The Morgan fingerprint density at radius 1 is 1.03 bits per heavy atom. The molecule has 1 unspecified atom stereocenters. The van der Waals surface area contributed by atoms with Crippen molar-refractivity contribution in [2.75, 3.05) is 4.90 Å². The minimum atomic E-state index is -0.897. The number of carbonyl (C=O) groups is 2. The van der Waals surface area contributed by atoms with E-state index in [0.29, 0.717) is 11.1 Å². The Morgan fingerprint density at radius 3 is 2.38 bits per heavy atom. The number of benzene rings is 2. The fraction of sp³-hybridized carbons (Fsp3) is 0.0455. The number of carbonyl (C=O) groups excluding carboxylic acids is 2. The lowest BCUT2D eigenvalue weighted by atomic mass is 9.95. The van der Waals surface area contributed by atoms with Crippen LogP contribution < -0.4 is 4.90 Å². The molecule has 3 aromatic rings. The molecule has 1 N–H and O–H groups in total. The van der Waals surface area contributed by atoms with Gasteiger partial charge in [0.2, 0.25) is 0 Å². The molecule has 0 spiro atoms. The van der Waals surface area contributed by atoms with E-state index in [1.807, 2.05) is 0 Å². The standard InChI is InChI=1S/C22H14ClFN2O3/c23-16-12-15(6-7-17(16)24)26-19(13-4-2-1-3-5-13)18(21(28)22(26)29)20(27)14-8-10-25-11-9-14/h1-12,19,27H/b20-18+. The van der Waals surface area contributed by atoms with Crippen LogP contribution in [0.1, 0.15) is 17.2 Å². The van der Waals surface area contributed by atoms with Crippen LogP contribution in [0.4, 0.5) is 10.1 Å². The highest BCUT2D eigenvalue weighted by Crippen LogP contribution is 2.42. The summed E-state index contributed by atoms with van der Waals surface area (Å²) in [5.41, 5.74) is 1.16. The molecule has 0 bridgehead atoms. The first-order chi connectivity index (χ1) is 14.0. The maximum absolute atomic E-state index is 13.6. The molecule has 5 nitrogen and oxygen atoms in total. The number of nitrogens with zero attached hydrogens (tertiary/aromatic N) is 2. The van der Waals surface area contributed by atoms with E-state index in [-0.39, 0.29) is 22.0 Å². The molecule has 4 rings (SSSR count). The molecule has 0 saturated carbocycles. The first kappa shape index (κ1) is 18.8. The molecule has 0 radical (unpaired) electrons. The van der Waals surface area contributed by atoms with Gasteiger partial charge in [0.25, 0.3) is 11.7 Å². The number of halogens is 2. The van der Waals surface area contributed by atoms with Gasteiger partial charge in [0.1, 0.15) is 11.6 Å². The van der Waals surface area contributed by atoms with Gasteiger partial charge < -0.3 is 5.11 Å². The molecule has 0 aliphatic carbocycles. The Morgan fingerprint density at radius 2 is 1.72 bits per heavy atom. The zero-order valence-corrected chi connectivity index (χ0v) is 15.7. The molecule has 1 saturated heterocycles. The number of Topliss-reactive ketones (excluding diaryl/α,β-unsaturated/α-hetero) is 1. The molecule has 1 aromatic heterocycles. The molecule has 2 heterocycles. The second kappa shape index (κ2) is 7.48. The number of aromatic nitrogens is 1. The maximum atomic E-state index is 13.6. The van der Waals surface area contributed by atoms with E-state index in [1.54, 1.807) is 42.5 Å². The van der Waals surface area contributed by atoms with Crippen molar-refractivity contribution >= 4 is 34.7 Å². The van der Waals surface area contributed by atoms with E-state index < -0.39 is 23.5 Å². The largest absolute Gasteiger partial charge is 0.507 e. The second-order valence-electron chi connectivity index (χ2n) is 6.41. The van der Waals surface area contributed by atoms with Crippen molar-refractivity contribution in [3.63, 3.8) is 0 Å². The number of hydrogen-bond donors (Lipinski definition) is 1. The SMILES string of the molecule is O=C1C(=O)N(c2ccc(F)c(Cl)c2)C(c2ccccc2)/C1=C(\O)c1ccncc1. The summed E-state index contributed by atoms with van der Waals surface area (Å²) in [6, 6.07) is 14.8. The van der Waals surface area contributed by atoms with E-state index in [1.165, 1.54) is 29.4 Å². The lowest BCUT2D eigenvalue weighted by Crippen LogP contribution is -2.29. The van der Waals surface area contributed by atoms with E-state index in [4.69, 9.17) is 11.6 Å². The zero-order valence-electron chi connectivity index (χ0n) is 14.9. The summed E-state index contributed by atoms with van der Waals surface area (Å²) < 4.78 is 13.6. The van der Waals surface area contributed by atoms with E-state index >= 15 is 0 Å². The van der Waals surface area contributed by atoms with Crippen molar-refractivity contribution in [1.29, 1.82) is 0 Å². The van der Waals surface area contributed by atoms with Crippen LogP contribution in [0.15, 0.2) is 78.6 Å². The van der Waals surface area contributed by atoms with Gasteiger partial charge in [-0.2, -0.15) is 0 Å². The van der Waals surface area contributed by atoms with Crippen LogP contribution in [-0.2, 0) is 9.59 Å². The van der Waals surface area contributed by atoms with Crippen molar-refractivity contribution in [3.05, 3.63) is 101 Å². The Bertz CT molecular complexity index is 1130. The zero-order chi connectivity index (χ0) is 20.5. The number of ketones is 1. The summed E-state index contributed by atoms with van der Waals surface area (Å²) in [6.07, 6.45) is 2.95. The third-order valence-electron chi connectivity index (χ3n) is 4.69. The van der Waals surface area contributed by atoms with Crippen molar-refractivity contribution in [3.8, 4) is 0 Å². The molecule has 1 aliphatic heterocycles. The number of pyridine rings is 1. The van der Waals surface area contributed by atoms with Crippen molar-refractivity contribution in [2.24, 2.45) is 0 Å². The Labute approximate surface area is 170 Å². The smallest absolute Gasteiger partial charge is 0.300 e. The van der Waals surface area contributed by atoms with E-state index in [9.17, 15) is 19.1 Å². The van der Waals surface area contributed by atoms with Gasteiger partial charge in [0, 0.05) is 23.6 Å². The van der Waals surface area contributed by atoms with Gasteiger partial charge in [-0.25, -0.2) is 4.39 Å². The highest BCUT2D eigenvalue weighted by molar-refractivity contribution is 6.51. The minimum absolute atomic E-state index is 0.0622. The van der Waals surface area contributed by atoms with Crippen LogP contribution in [0.3, 0.4) is 0 Å². The lowest BCUT2D eigenvalue weighted by Gasteiger charge is -2.25. The number of rotatable bonds is 3. The molecule has 1 fully saturated rings. The monoisotopic (exact) mass is 408 g/mol. The molecule has 29 heavy (non-hydrogen) atoms. The van der Waals surface area contributed by atoms with Crippen molar-refractivity contribution < 1.29 is 19.1 Å². The first-order valence-corrected chi connectivity index (χ1v) is 9.08. The van der Waals surface area contributed by atoms with Crippen LogP contribution in [0.25, 0.3) is 5.76 Å². The molecular formula is C22H14ClFN2O3. The predicted octanol–water partition coefficient (Wildman–Crippen LogP) is 4.50. The summed E-state index contributed by atoms with van der Waals surface area (Å²) in [5.74, 6) is -2.62. The Hall–Kier alpha value is -3.51. The summed E-state index contributed by atoms with van der Waals surface area (Å²) in [4.78, 5) is 30.9. The van der Waals surface area contributed by atoms with Gasteiger partial charge >= 0.3 is 0 Å². The van der Waals surface area contributed by atoms with Gasteiger partial charge in [-0.05, 0) is 35.9 Å². The van der Waals surface area contributed by atoms with Crippen LogP contribution in [0.2, 0.25) is 5.02 Å². The minimum Gasteiger partial charge on any atom is -0.507 e. The number of anilines is 1. The Balaban J connectivity index is 1.95. The molecule has 2 aromatic carbocycles. The summed E-state index contributed by atoms with van der Waals surface area (Å²) >= 11 is 5.90. The molecule has 1 amide bonds. The average Bonchev–Trinajstić information content (AvgIpc) is 3.02. The van der Waals surface area contributed by atoms with Gasteiger partial charge in [-0.1, -0.05) is 41.9 Å². The van der Waals surface area contributed by atoms with Gasteiger partial charge in [0.05, 0.1) is 16.6 Å². The maximum Gasteiger partial charge on any atom is 0.300 e. The molecule has 1 atom stereocenters. The highest BCUT2D eigenvalue weighted by atomic mass is 35.5. The van der Waals surface area contributed by atoms with Gasteiger partial charge in [0.15, 0.2) is 0 Å².